The Kier molecular flexibility index (Phi) is 4.39. The fourth-order valence-electron chi connectivity index (χ4n) is 1.78. The van der Waals surface area contributed by atoms with E-state index in [-0.39, 0.29) is 16.5 Å². The van der Waals surface area contributed by atoms with Crippen molar-refractivity contribution < 1.29 is 9.34 Å². The zero-order chi connectivity index (χ0) is 14.7. The molecule has 0 spiro atoms. The Balaban J connectivity index is 2.31. The molecule has 5 heteroatoms. The number of hydrogen-bond donors (Lipinski definition) is 0. The lowest BCUT2D eigenvalue weighted by molar-refractivity contribution is -0.431. The molecule has 0 aliphatic rings. The molecule has 2 rings (SSSR count). The Labute approximate surface area is 125 Å². The van der Waals surface area contributed by atoms with Crippen molar-refractivity contribution in [2.24, 2.45) is 5.92 Å². The monoisotopic (exact) mass is 335 g/mol. The van der Waals surface area contributed by atoms with Crippen LogP contribution >= 0.6 is 15.9 Å². The molecule has 0 N–H and O–H groups in total. The van der Waals surface area contributed by atoms with Gasteiger partial charge in [0, 0.05) is 16.0 Å². The van der Waals surface area contributed by atoms with Gasteiger partial charge < -0.3 is 4.42 Å². The highest BCUT2D eigenvalue weighted by Gasteiger charge is 2.16. The summed E-state index contributed by atoms with van der Waals surface area (Å²) in [6.07, 6.45) is 1.48. The Morgan fingerprint density at radius 1 is 1.25 bits per heavy atom. The number of hydrogen-bond acceptors (Lipinski definition) is 3. The second-order valence-electron chi connectivity index (χ2n) is 4.69. The lowest BCUT2D eigenvalue weighted by Gasteiger charge is -2.00. The summed E-state index contributed by atoms with van der Waals surface area (Å²) in [5, 5.41) is 10.9. The normalized spacial score (nSPS) is 11.9. The summed E-state index contributed by atoms with van der Waals surface area (Å²) >= 11 is 3.37. The van der Waals surface area contributed by atoms with E-state index in [0.29, 0.717) is 11.5 Å². The summed E-state index contributed by atoms with van der Waals surface area (Å²) in [5.41, 5.74) is 1.07. The molecule has 0 atom stereocenters. The van der Waals surface area contributed by atoms with Crippen LogP contribution in [0.4, 0.5) is 0 Å². The summed E-state index contributed by atoms with van der Waals surface area (Å²) in [6.45, 7) is 3.57. The van der Waals surface area contributed by atoms with Crippen molar-refractivity contribution in [3.63, 3.8) is 0 Å². The lowest BCUT2D eigenvalue weighted by Crippen LogP contribution is -2.05. The zero-order valence-electron chi connectivity index (χ0n) is 11.2. The predicted molar refractivity (Wildman–Crippen MR) is 81.7 cm³/mol. The minimum Gasteiger partial charge on any atom is -0.456 e. The molecule has 0 unspecified atom stereocenters. The molecule has 0 fully saturated rings. The second-order valence-corrected chi connectivity index (χ2v) is 5.61. The van der Waals surface area contributed by atoms with Crippen molar-refractivity contribution in [1.82, 2.24) is 0 Å². The average Bonchev–Trinajstić information content (AvgIpc) is 2.84. The first-order chi connectivity index (χ1) is 9.47. The first-order valence-electron chi connectivity index (χ1n) is 6.19. The van der Waals surface area contributed by atoms with E-state index >= 15 is 0 Å². The molecular formula is C15H14BrNO3. The highest BCUT2D eigenvalue weighted by molar-refractivity contribution is 9.10. The highest BCUT2D eigenvalue weighted by Crippen LogP contribution is 2.25. The number of rotatable bonds is 4. The molecular weight excluding hydrogens is 322 g/mol. The van der Waals surface area contributed by atoms with Crippen LogP contribution in [0.5, 0.6) is 0 Å². The van der Waals surface area contributed by atoms with Crippen LogP contribution in [0.25, 0.3) is 17.4 Å². The third-order valence-corrected chi connectivity index (χ3v) is 3.38. The van der Waals surface area contributed by atoms with Crippen molar-refractivity contribution in [1.29, 1.82) is 0 Å². The van der Waals surface area contributed by atoms with E-state index in [2.05, 4.69) is 15.9 Å². The number of nitrogens with zero attached hydrogens (tertiary/aromatic N) is 1. The van der Waals surface area contributed by atoms with Gasteiger partial charge in [-0.15, -0.1) is 0 Å². The maximum absolute atomic E-state index is 10.9. The molecule has 1 aromatic heterocycles. The molecule has 0 bridgehead atoms. The zero-order valence-corrected chi connectivity index (χ0v) is 12.8. The number of nitro groups is 1. The Bertz CT molecular complexity index is 641. The third-order valence-electron chi connectivity index (χ3n) is 2.85. The Hall–Kier alpha value is -1.88. The van der Waals surface area contributed by atoms with Gasteiger partial charge >= 0.3 is 0 Å². The van der Waals surface area contributed by atoms with Crippen molar-refractivity contribution >= 4 is 22.0 Å². The second kappa shape index (κ2) is 6.05. The van der Waals surface area contributed by atoms with Crippen LogP contribution in [0, 0.1) is 16.0 Å². The smallest absolute Gasteiger partial charge is 0.252 e. The molecule has 4 nitrogen and oxygen atoms in total. The molecule has 0 saturated heterocycles. The van der Waals surface area contributed by atoms with Gasteiger partial charge in [-0.05, 0) is 24.3 Å². The van der Waals surface area contributed by atoms with Crippen LogP contribution in [0.1, 0.15) is 19.6 Å². The first kappa shape index (κ1) is 14.5. The summed E-state index contributed by atoms with van der Waals surface area (Å²) < 4.78 is 6.63. The van der Waals surface area contributed by atoms with Gasteiger partial charge in [0.05, 0.1) is 11.0 Å². The molecule has 0 radical (unpaired) electrons. The van der Waals surface area contributed by atoms with Crippen molar-refractivity contribution in [3.8, 4) is 11.3 Å². The van der Waals surface area contributed by atoms with E-state index in [0.717, 1.165) is 10.0 Å². The fourth-order valence-corrected chi connectivity index (χ4v) is 2.04. The van der Waals surface area contributed by atoms with Crippen molar-refractivity contribution in [3.05, 3.63) is 62.4 Å². The summed E-state index contributed by atoms with van der Waals surface area (Å²) in [5.74, 6) is 1.02. The Morgan fingerprint density at radius 3 is 2.45 bits per heavy atom. The summed E-state index contributed by atoms with van der Waals surface area (Å²) in [4.78, 5) is 10.6. The van der Waals surface area contributed by atoms with Gasteiger partial charge in [0.2, 0.25) is 0 Å². The van der Waals surface area contributed by atoms with E-state index in [1.807, 2.05) is 30.3 Å². The minimum absolute atomic E-state index is 0.140. The molecule has 1 heterocycles. The van der Waals surface area contributed by atoms with Crippen LogP contribution in [0.15, 0.2) is 51.0 Å². The van der Waals surface area contributed by atoms with Crippen molar-refractivity contribution in [2.45, 2.75) is 13.8 Å². The van der Waals surface area contributed by atoms with E-state index < -0.39 is 0 Å². The quantitative estimate of drug-likeness (QED) is 0.584. The largest absolute Gasteiger partial charge is 0.456 e. The molecule has 0 amide bonds. The van der Waals surface area contributed by atoms with Gasteiger partial charge in [-0.3, -0.25) is 10.1 Å². The molecule has 20 heavy (non-hydrogen) atoms. The third kappa shape index (κ3) is 3.36. The summed E-state index contributed by atoms with van der Waals surface area (Å²) in [6, 6.07) is 11.2. The fraction of sp³-hybridized carbons (Fsp3) is 0.200. The maximum atomic E-state index is 10.9. The number of benzene rings is 1. The van der Waals surface area contributed by atoms with Crippen molar-refractivity contribution in [2.75, 3.05) is 0 Å². The number of allylic oxidation sites excluding steroid dienone is 1. The maximum Gasteiger partial charge on any atom is 0.252 e. The van der Waals surface area contributed by atoms with Gasteiger partial charge in [0.25, 0.3) is 5.70 Å². The van der Waals surface area contributed by atoms with Gasteiger partial charge in [-0.2, -0.15) is 0 Å². The van der Waals surface area contributed by atoms with E-state index in [9.17, 15) is 10.1 Å². The summed E-state index contributed by atoms with van der Waals surface area (Å²) in [7, 11) is 0. The standard InChI is InChI=1S/C15H14BrNO3/c1-10(2)14(17(18)19)9-13-7-8-15(20-13)11-3-5-12(16)6-4-11/h3-10H,1-2H3/b14-9-. The average molecular weight is 336 g/mol. The van der Waals surface area contributed by atoms with Gasteiger partial charge in [0.1, 0.15) is 11.5 Å². The molecule has 0 aliphatic heterocycles. The molecule has 104 valence electrons. The number of halogens is 1. The Morgan fingerprint density at radius 2 is 1.90 bits per heavy atom. The molecule has 2 aromatic rings. The van der Waals surface area contributed by atoms with Crippen LogP contribution in [-0.2, 0) is 0 Å². The topological polar surface area (TPSA) is 56.3 Å². The van der Waals surface area contributed by atoms with Crippen LogP contribution in [0.2, 0.25) is 0 Å². The van der Waals surface area contributed by atoms with Gasteiger partial charge in [-0.1, -0.05) is 41.9 Å². The minimum atomic E-state index is -0.369. The first-order valence-corrected chi connectivity index (χ1v) is 6.98. The van der Waals surface area contributed by atoms with E-state index in [4.69, 9.17) is 4.42 Å². The number of furan rings is 1. The molecule has 1 aromatic carbocycles. The lowest BCUT2D eigenvalue weighted by atomic mass is 10.1. The predicted octanol–water partition coefficient (Wildman–Crippen LogP) is 4.98. The van der Waals surface area contributed by atoms with Crippen LogP contribution in [0.3, 0.4) is 0 Å². The van der Waals surface area contributed by atoms with Crippen LogP contribution in [-0.4, -0.2) is 4.92 Å². The van der Waals surface area contributed by atoms with Crippen LogP contribution < -0.4 is 0 Å². The van der Waals surface area contributed by atoms with Gasteiger partial charge in [0.15, 0.2) is 0 Å². The molecule has 0 saturated carbocycles. The SMILES string of the molecule is CC(C)/C(=C/c1ccc(-c2ccc(Br)cc2)o1)[N+](=O)[O-]. The van der Waals surface area contributed by atoms with Gasteiger partial charge in [-0.25, -0.2) is 0 Å². The highest BCUT2D eigenvalue weighted by atomic mass is 79.9. The molecule has 0 aliphatic carbocycles. The van der Waals surface area contributed by atoms with E-state index in [1.54, 1.807) is 19.9 Å². The van der Waals surface area contributed by atoms with E-state index in [1.165, 1.54) is 6.08 Å².